The number of alkyl halides is 3. The predicted molar refractivity (Wildman–Crippen MR) is 55.6 cm³/mol. The minimum absolute atomic E-state index is 0.200. The summed E-state index contributed by atoms with van der Waals surface area (Å²) in [5.41, 5.74) is 3.36. The molecular formula is C12H11F3N+. The average Bonchev–Trinajstić information content (AvgIpc) is 2.26. The number of hydrogen-bond donors (Lipinski definition) is 1. The van der Waals surface area contributed by atoms with Crippen molar-refractivity contribution in [2.45, 2.75) is 12.2 Å². The Morgan fingerprint density at radius 1 is 0.938 bits per heavy atom. The maximum Gasteiger partial charge on any atom is 0.445 e. The van der Waals surface area contributed by atoms with E-state index in [1.54, 1.807) is 24.3 Å². The van der Waals surface area contributed by atoms with Crippen LogP contribution in [0.3, 0.4) is 0 Å². The normalized spacial score (nSPS) is 14.0. The Bertz CT molecular complexity index is 505. The van der Waals surface area contributed by atoms with Crippen LogP contribution < -0.4 is 5.73 Å². The van der Waals surface area contributed by atoms with Crippen LogP contribution in [0.5, 0.6) is 0 Å². The summed E-state index contributed by atoms with van der Waals surface area (Å²) in [4.78, 5) is 0. The summed E-state index contributed by atoms with van der Waals surface area (Å²) in [6.07, 6.45) is -4.29. The number of hydrogen-bond acceptors (Lipinski definition) is 0. The molecule has 84 valence electrons. The van der Waals surface area contributed by atoms with Gasteiger partial charge in [-0.25, -0.2) is 0 Å². The van der Waals surface area contributed by atoms with Crippen LogP contribution in [0.25, 0.3) is 10.8 Å². The van der Waals surface area contributed by atoms with Gasteiger partial charge in [0, 0.05) is 5.56 Å². The molecule has 2 aromatic rings. The lowest BCUT2D eigenvalue weighted by Crippen LogP contribution is -2.60. The first kappa shape index (κ1) is 11.0. The molecule has 0 aliphatic heterocycles. The monoisotopic (exact) mass is 226 g/mol. The number of quaternary nitrogens is 1. The molecule has 0 radical (unpaired) electrons. The highest BCUT2D eigenvalue weighted by atomic mass is 19.4. The molecule has 16 heavy (non-hydrogen) atoms. The van der Waals surface area contributed by atoms with Gasteiger partial charge < -0.3 is 5.73 Å². The van der Waals surface area contributed by atoms with Gasteiger partial charge in [0.15, 0.2) is 0 Å². The molecule has 0 saturated heterocycles. The molecule has 2 rings (SSSR count). The third kappa shape index (κ3) is 2.02. The summed E-state index contributed by atoms with van der Waals surface area (Å²) in [6.45, 7) is 0. The van der Waals surface area contributed by atoms with Gasteiger partial charge in [-0.05, 0) is 16.8 Å². The molecule has 2 aromatic carbocycles. The molecule has 0 unspecified atom stereocenters. The first-order valence-corrected chi connectivity index (χ1v) is 4.87. The summed E-state index contributed by atoms with van der Waals surface area (Å²) in [6, 6.07) is 10.4. The largest absolute Gasteiger partial charge is 0.445 e. The summed E-state index contributed by atoms with van der Waals surface area (Å²) in [5.74, 6) is 0. The van der Waals surface area contributed by atoms with Crippen molar-refractivity contribution in [3.8, 4) is 0 Å². The first-order chi connectivity index (χ1) is 7.48. The van der Waals surface area contributed by atoms with Crippen molar-refractivity contribution in [2.75, 3.05) is 0 Å². The van der Waals surface area contributed by atoms with E-state index in [0.717, 1.165) is 10.8 Å². The molecule has 0 bridgehead atoms. The molecule has 1 nitrogen and oxygen atoms in total. The van der Waals surface area contributed by atoms with Gasteiger partial charge >= 0.3 is 6.18 Å². The fraction of sp³-hybridized carbons (Fsp3) is 0.167. The van der Waals surface area contributed by atoms with Crippen molar-refractivity contribution >= 4 is 10.8 Å². The molecule has 1 atom stereocenters. The van der Waals surface area contributed by atoms with Gasteiger partial charge in [-0.2, -0.15) is 13.2 Å². The zero-order valence-electron chi connectivity index (χ0n) is 8.46. The van der Waals surface area contributed by atoms with Crippen LogP contribution >= 0.6 is 0 Å². The van der Waals surface area contributed by atoms with Crippen LogP contribution in [-0.4, -0.2) is 6.18 Å². The van der Waals surface area contributed by atoms with Crippen molar-refractivity contribution in [3.63, 3.8) is 0 Å². The van der Waals surface area contributed by atoms with Gasteiger partial charge in [0.25, 0.3) is 0 Å². The van der Waals surface area contributed by atoms with Gasteiger partial charge in [0.2, 0.25) is 6.04 Å². The standard InChI is InChI=1S/C12H10F3N/c13-12(14,15)11(16)10-6-5-8-3-1-2-4-9(8)7-10/h1-7,11H,16H2/p+1/t11-/m1/s1. The molecule has 0 spiro atoms. The van der Waals surface area contributed by atoms with Crippen molar-refractivity contribution in [2.24, 2.45) is 0 Å². The molecule has 0 saturated carbocycles. The fourth-order valence-electron chi connectivity index (χ4n) is 1.61. The van der Waals surface area contributed by atoms with Gasteiger partial charge in [-0.1, -0.05) is 36.4 Å². The zero-order valence-corrected chi connectivity index (χ0v) is 8.46. The number of fused-ring (bicyclic) bond motifs is 1. The van der Waals surface area contributed by atoms with Crippen LogP contribution in [0.1, 0.15) is 11.6 Å². The van der Waals surface area contributed by atoms with Crippen molar-refractivity contribution in [3.05, 3.63) is 48.0 Å². The Kier molecular flexibility index (Phi) is 2.59. The van der Waals surface area contributed by atoms with Crippen LogP contribution in [0, 0.1) is 0 Å². The molecule has 0 fully saturated rings. The summed E-state index contributed by atoms with van der Waals surface area (Å²) >= 11 is 0. The minimum Gasteiger partial charge on any atom is -0.344 e. The Labute approximate surface area is 90.7 Å². The van der Waals surface area contributed by atoms with Gasteiger partial charge in [0.05, 0.1) is 0 Å². The third-order valence-electron chi connectivity index (χ3n) is 2.57. The van der Waals surface area contributed by atoms with Gasteiger partial charge in [-0.3, -0.25) is 0 Å². The van der Waals surface area contributed by atoms with Crippen molar-refractivity contribution in [1.29, 1.82) is 0 Å². The van der Waals surface area contributed by atoms with Crippen LogP contribution in [0.2, 0.25) is 0 Å². The Morgan fingerprint density at radius 2 is 1.56 bits per heavy atom. The highest BCUT2D eigenvalue weighted by molar-refractivity contribution is 5.83. The Balaban J connectivity index is 2.47. The maximum absolute atomic E-state index is 12.5. The van der Waals surface area contributed by atoms with E-state index in [1.165, 1.54) is 6.07 Å². The lowest BCUT2D eigenvalue weighted by atomic mass is 10.0. The molecule has 0 heterocycles. The van der Waals surface area contributed by atoms with Crippen LogP contribution in [0.15, 0.2) is 42.5 Å². The molecule has 0 amide bonds. The molecular weight excluding hydrogens is 215 g/mol. The predicted octanol–water partition coefficient (Wildman–Crippen LogP) is 2.69. The van der Waals surface area contributed by atoms with Crippen molar-refractivity contribution in [1.82, 2.24) is 0 Å². The molecule has 0 aromatic heterocycles. The molecule has 0 aliphatic carbocycles. The summed E-state index contributed by atoms with van der Waals surface area (Å²) in [7, 11) is 0. The number of rotatable bonds is 1. The van der Waals surface area contributed by atoms with Crippen LogP contribution in [0.4, 0.5) is 13.2 Å². The highest BCUT2D eigenvalue weighted by Gasteiger charge is 2.41. The van der Waals surface area contributed by atoms with E-state index in [4.69, 9.17) is 0 Å². The summed E-state index contributed by atoms with van der Waals surface area (Å²) < 4.78 is 37.4. The lowest BCUT2D eigenvalue weighted by Gasteiger charge is -2.13. The van der Waals surface area contributed by atoms with E-state index >= 15 is 0 Å². The van der Waals surface area contributed by atoms with E-state index in [2.05, 4.69) is 5.73 Å². The molecule has 0 aliphatic rings. The Hall–Kier alpha value is -1.55. The fourth-order valence-corrected chi connectivity index (χ4v) is 1.61. The van der Waals surface area contributed by atoms with E-state index in [-0.39, 0.29) is 5.56 Å². The first-order valence-electron chi connectivity index (χ1n) is 4.87. The average molecular weight is 226 g/mol. The second-order valence-corrected chi connectivity index (χ2v) is 3.70. The number of benzene rings is 2. The molecule has 3 N–H and O–H groups in total. The van der Waals surface area contributed by atoms with Gasteiger partial charge in [0.1, 0.15) is 0 Å². The minimum atomic E-state index is -4.29. The second-order valence-electron chi connectivity index (χ2n) is 3.70. The smallest absolute Gasteiger partial charge is 0.344 e. The summed E-state index contributed by atoms with van der Waals surface area (Å²) in [5, 5.41) is 1.73. The molecule has 4 heteroatoms. The van der Waals surface area contributed by atoms with E-state index in [9.17, 15) is 13.2 Å². The topological polar surface area (TPSA) is 27.6 Å². The van der Waals surface area contributed by atoms with E-state index in [0.29, 0.717) is 0 Å². The second kappa shape index (κ2) is 3.79. The van der Waals surface area contributed by atoms with Crippen LogP contribution in [-0.2, 0) is 0 Å². The zero-order chi connectivity index (χ0) is 11.8. The quantitative estimate of drug-likeness (QED) is 0.774. The van der Waals surface area contributed by atoms with Gasteiger partial charge in [-0.15, -0.1) is 0 Å². The van der Waals surface area contributed by atoms with E-state index in [1.807, 2.05) is 12.1 Å². The lowest BCUT2D eigenvalue weighted by molar-refractivity contribution is -0.488. The Morgan fingerprint density at radius 3 is 2.19 bits per heavy atom. The third-order valence-corrected chi connectivity index (χ3v) is 2.57. The SMILES string of the molecule is [NH3+][C@H](c1ccc2ccccc2c1)C(F)(F)F. The highest BCUT2D eigenvalue weighted by Crippen LogP contribution is 2.30. The van der Waals surface area contributed by atoms with E-state index < -0.39 is 12.2 Å². The van der Waals surface area contributed by atoms with Crippen molar-refractivity contribution < 1.29 is 18.9 Å². The number of halogens is 3. The maximum atomic E-state index is 12.5.